The second-order valence-corrected chi connectivity index (χ2v) is 13.2. The monoisotopic (exact) mass is 556 g/mol. The third-order valence-corrected chi connectivity index (χ3v) is 10.0. The molecule has 1 fully saturated rings. The maximum atomic E-state index is 13.6. The molecule has 0 aliphatic carbocycles. The van der Waals surface area contributed by atoms with Crippen molar-refractivity contribution < 1.29 is 26.4 Å². The zero-order chi connectivity index (χ0) is 27.5. The Morgan fingerprint density at radius 3 is 2.16 bits per heavy atom. The van der Waals surface area contributed by atoms with Crippen molar-refractivity contribution in [2.45, 2.75) is 53.3 Å². The summed E-state index contributed by atoms with van der Waals surface area (Å²) < 4.78 is 61.6. The van der Waals surface area contributed by atoms with Gasteiger partial charge >= 0.3 is 0 Å². The molecule has 202 valence electrons. The van der Waals surface area contributed by atoms with Gasteiger partial charge in [-0.3, -0.25) is 4.79 Å². The molecule has 1 aliphatic heterocycles. The summed E-state index contributed by atoms with van der Waals surface area (Å²) in [5, 5.41) is 0. The minimum Gasteiger partial charge on any atom is -0.496 e. The van der Waals surface area contributed by atoms with E-state index in [-0.39, 0.29) is 26.5 Å². The van der Waals surface area contributed by atoms with E-state index in [2.05, 4.69) is 4.72 Å². The van der Waals surface area contributed by atoms with Crippen LogP contribution in [0.4, 0.5) is 0 Å². The summed E-state index contributed by atoms with van der Waals surface area (Å²) in [6, 6.07) is 18.8. The number of piperidine rings is 1. The molecule has 3 aromatic rings. The first-order chi connectivity index (χ1) is 18.0. The predicted octanol–water partition coefficient (Wildman–Crippen LogP) is 4.23. The van der Waals surface area contributed by atoms with Gasteiger partial charge in [0.25, 0.3) is 5.91 Å². The molecule has 1 aliphatic rings. The SMILES string of the molecule is COc1ccccc1C(=O)N1CCC(NS(=O)(=O)c2cc(S(=O)(=O)c3ccccc3)ccc2C(C)C)CC1. The van der Waals surface area contributed by atoms with Crippen molar-refractivity contribution in [3.63, 3.8) is 0 Å². The molecule has 1 amide bonds. The highest BCUT2D eigenvalue weighted by molar-refractivity contribution is 7.91. The number of likely N-dealkylation sites (tertiary alicyclic amines) is 1. The molecular formula is C28H32N2O6S2. The third-order valence-electron chi connectivity index (χ3n) is 6.70. The van der Waals surface area contributed by atoms with E-state index in [0.29, 0.717) is 42.8 Å². The summed E-state index contributed by atoms with van der Waals surface area (Å²) in [4.78, 5) is 14.7. The number of benzene rings is 3. The Labute approximate surface area is 224 Å². The molecule has 0 unspecified atom stereocenters. The standard InChI is InChI=1S/C28H32N2O6S2/c1-20(2)24-14-13-23(37(32,33)22-9-5-4-6-10-22)19-27(24)38(34,35)29-21-15-17-30(18-16-21)28(31)25-11-7-8-12-26(25)36-3/h4-14,19-21,29H,15-18H2,1-3H3. The first-order valence-electron chi connectivity index (χ1n) is 12.4. The molecule has 0 saturated carbocycles. The highest BCUT2D eigenvalue weighted by Crippen LogP contribution is 2.30. The van der Waals surface area contributed by atoms with Crippen LogP contribution >= 0.6 is 0 Å². The van der Waals surface area contributed by atoms with Crippen LogP contribution in [-0.4, -0.2) is 53.9 Å². The summed E-state index contributed by atoms with van der Waals surface area (Å²) in [7, 11) is -6.42. The van der Waals surface area contributed by atoms with E-state index in [1.165, 1.54) is 31.4 Å². The van der Waals surface area contributed by atoms with E-state index in [4.69, 9.17) is 4.74 Å². The Hall–Kier alpha value is -3.21. The zero-order valence-electron chi connectivity index (χ0n) is 21.6. The quantitative estimate of drug-likeness (QED) is 0.445. The van der Waals surface area contributed by atoms with Crippen LogP contribution in [-0.2, 0) is 19.9 Å². The van der Waals surface area contributed by atoms with Crippen LogP contribution in [0.3, 0.4) is 0 Å². The minimum atomic E-state index is -4.04. The molecule has 3 aromatic carbocycles. The van der Waals surface area contributed by atoms with Gasteiger partial charge in [-0.15, -0.1) is 0 Å². The summed E-state index contributed by atoms with van der Waals surface area (Å²) >= 11 is 0. The number of hydrogen-bond acceptors (Lipinski definition) is 6. The molecule has 0 radical (unpaired) electrons. The number of para-hydroxylation sites is 1. The molecule has 0 spiro atoms. The number of ether oxygens (including phenoxy) is 1. The largest absolute Gasteiger partial charge is 0.496 e. The Morgan fingerprint density at radius 2 is 1.53 bits per heavy atom. The summed E-state index contributed by atoms with van der Waals surface area (Å²) in [5.74, 6) is 0.187. The predicted molar refractivity (Wildman–Crippen MR) is 145 cm³/mol. The van der Waals surface area contributed by atoms with Crippen LogP contribution < -0.4 is 9.46 Å². The van der Waals surface area contributed by atoms with Crippen molar-refractivity contribution in [2.24, 2.45) is 0 Å². The van der Waals surface area contributed by atoms with Crippen molar-refractivity contribution in [1.82, 2.24) is 9.62 Å². The molecule has 8 nitrogen and oxygen atoms in total. The first kappa shape index (κ1) is 27.8. The van der Waals surface area contributed by atoms with Crippen LogP contribution in [0.15, 0.2) is 87.5 Å². The van der Waals surface area contributed by atoms with Crippen molar-refractivity contribution in [2.75, 3.05) is 20.2 Å². The molecule has 10 heteroatoms. The maximum Gasteiger partial charge on any atom is 0.257 e. The van der Waals surface area contributed by atoms with Gasteiger partial charge in [-0.25, -0.2) is 21.6 Å². The van der Waals surface area contributed by atoms with Crippen LogP contribution in [0.2, 0.25) is 0 Å². The number of hydrogen-bond donors (Lipinski definition) is 1. The number of carbonyl (C=O) groups excluding carboxylic acids is 1. The van der Waals surface area contributed by atoms with Crippen LogP contribution in [0, 0.1) is 0 Å². The van der Waals surface area contributed by atoms with Gasteiger partial charge in [0.2, 0.25) is 19.9 Å². The number of nitrogens with zero attached hydrogens (tertiary/aromatic N) is 1. The average Bonchev–Trinajstić information content (AvgIpc) is 2.93. The molecule has 0 bridgehead atoms. The fraction of sp³-hybridized carbons (Fsp3) is 0.321. The normalized spacial score (nSPS) is 15.0. The number of sulfone groups is 1. The van der Waals surface area contributed by atoms with Crippen molar-refractivity contribution in [3.05, 3.63) is 83.9 Å². The maximum absolute atomic E-state index is 13.6. The van der Waals surface area contributed by atoms with Gasteiger partial charge in [-0.05, 0) is 60.7 Å². The van der Waals surface area contributed by atoms with Gasteiger partial charge < -0.3 is 9.64 Å². The molecule has 1 N–H and O–H groups in total. The zero-order valence-corrected chi connectivity index (χ0v) is 23.3. The molecule has 1 heterocycles. The van der Waals surface area contributed by atoms with Crippen molar-refractivity contribution >= 4 is 25.8 Å². The smallest absolute Gasteiger partial charge is 0.257 e. The number of carbonyl (C=O) groups is 1. The van der Waals surface area contributed by atoms with E-state index < -0.39 is 25.9 Å². The van der Waals surface area contributed by atoms with E-state index in [0.717, 1.165) is 0 Å². The number of rotatable bonds is 8. The van der Waals surface area contributed by atoms with Crippen LogP contribution in [0.25, 0.3) is 0 Å². The van der Waals surface area contributed by atoms with E-state index in [1.807, 2.05) is 13.8 Å². The lowest BCUT2D eigenvalue weighted by Crippen LogP contribution is -2.46. The summed E-state index contributed by atoms with van der Waals surface area (Å²) in [5.41, 5.74) is 1.00. The van der Waals surface area contributed by atoms with E-state index in [1.54, 1.807) is 53.4 Å². The lowest BCUT2D eigenvalue weighted by Gasteiger charge is -2.32. The topological polar surface area (TPSA) is 110 Å². The minimum absolute atomic E-state index is 0.0444. The number of nitrogens with one attached hydrogen (secondary N) is 1. The van der Waals surface area contributed by atoms with E-state index in [9.17, 15) is 21.6 Å². The average molecular weight is 557 g/mol. The van der Waals surface area contributed by atoms with E-state index >= 15 is 0 Å². The molecule has 0 atom stereocenters. The van der Waals surface area contributed by atoms with Crippen molar-refractivity contribution in [3.8, 4) is 5.75 Å². The van der Waals surface area contributed by atoms with Gasteiger partial charge in [0.15, 0.2) is 0 Å². The fourth-order valence-corrected chi connectivity index (χ4v) is 7.68. The Balaban J connectivity index is 1.54. The molecule has 4 rings (SSSR count). The Kier molecular flexibility index (Phi) is 8.25. The summed E-state index contributed by atoms with van der Waals surface area (Å²) in [6.07, 6.45) is 0.859. The van der Waals surface area contributed by atoms with Gasteiger partial charge in [-0.1, -0.05) is 50.2 Å². The molecular weight excluding hydrogens is 524 g/mol. The number of methoxy groups -OCH3 is 1. The van der Waals surface area contributed by atoms with Gasteiger partial charge in [-0.2, -0.15) is 0 Å². The van der Waals surface area contributed by atoms with Crippen molar-refractivity contribution in [1.29, 1.82) is 0 Å². The summed E-state index contributed by atoms with van der Waals surface area (Å²) in [6.45, 7) is 4.48. The highest BCUT2D eigenvalue weighted by Gasteiger charge is 2.31. The van der Waals surface area contributed by atoms with Crippen LogP contribution in [0.5, 0.6) is 5.75 Å². The Bertz CT molecular complexity index is 1510. The van der Waals surface area contributed by atoms with Crippen LogP contribution in [0.1, 0.15) is 48.5 Å². The number of sulfonamides is 1. The van der Waals surface area contributed by atoms with Gasteiger partial charge in [0, 0.05) is 19.1 Å². The second kappa shape index (κ2) is 11.3. The third kappa shape index (κ3) is 5.77. The number of amides is 1. The fourth-order valence-electron chi connectivity index (χ4n) is 4.60. The lowest BCUT2D eigenvalue weighted by molar-refractivity contribution is 0.0708. The lowest BCUT2D eigenvalue weighted by atomic mass is 10.0. The molecule has 1 saturated heterocycles. The highest BCUT2D eigenvalue weighted by atomic mass is 32.2. The second-order valence-electron chi connectivity index (χ2n) is 9.56. The first-order valence-corrected chi connectivity index (χ1v) is 15.4. The Morgan fingerprint density at radius 1 is 0.895 bits per heavy atom. The van der Waals surface area contributed by atoms with Gasteiger partial charge in [0.1, 0.15) is 5.75 Å². The molecule has 38 heavy (non-hydrogen) atoms. The molecule has 0 aromatic heterocycles. The van der Waals surface area contributed by atoms with Gasteiger partial charge in [0.05, 0.1) is 27.4 Å².